The predicted octanol–water partition coefficient (Wildman–Crippen LogP) is 4.44. The highest BCUT2D eigenvalue weighted by molar-refractivity contribution is 7.14. The molecule has 0 amide bonds. The third kappa shape index (κ3) is 4.16. The highest BCUT2D eigenvalue weighted by Gasteiger charge is 2.11. The van der Waals surface area contributed by atoms with Gasteiger partial charge < -0.3 is 5.32 Å². The molecule has 0 atom stereocenters. The van der Waals surface area contributed by atoms with Crippen LogP contribution in [0.4, 0.5) is 0 Å². The van der Waals surface area contributed by atoms with Gasteiger partial charge in [0.15, 0.2) is 0 Å². The van der Waals surface area contributed by atoms with Crippen LogP contribution < -0.4 is 5.32 Å². The standard InChI is InChI=1S/C14H17Cl2N3S/c1-2-8-17-9-4-7-12-18-19-14(20-12)10-5-3-6-11(15)13(10)16/h3,5-6,17H,2,4,7-9H2,1H3. The first-order valence-corrected chi connectivity index (χ1v) is 8.27. The first kappa shape index (κ1) is 15.7. The first-order chi connectivity index (χ1) is 9.72. The van der Waals surface area contributed by atoms with E-state index in [0.717, 1.165) is 47.9 Å². The Bertz CT molecular complexity index is 557. The summed E-state index contributed by atoms with van der Waals surface area (Å²) in [5, 5.41) is 14.8. The van der Waals surface area contributed by atoms with Crippen molar-refractivity contribution in [3.63, 3.8) is 0 Å². The molecule has 6 heteroatoms. The normalized spacial score (nSPS) is 10.9. The van der Waals surface area contributed by atoms with Crippen molar-refractivity contribution in [3.05, 3.63) is 33.3 Å². The molecule has 20 heavy (non-hydrogen) atoms. The van der Waals surface area contributed by atoms with Crippen molar-refractivity contribution in [1.29, 1.82) is 0 Å². The van der Waals surface area contributed by atoms with Crippen molar-refractivity contribution in [2.75, 3.05) is 13.1 Å². The summed E-state index contributed by atoms with van der Waals surface area (Å²) in [7, 11) is 0. The summed E-state index contributed by atoms with van der Waals surface area (Å²) >= 11 is 13.8. The van der Waals surface area contributed by atoms with Gasteiger partial charge in [0.25, 0.3) is 0 Å². The summed E-state index contributed by atoms with van der Waals surface area (Å²) in [4.78, 5) is 0. The van der Waals surface area contributed by atoms with Crippen molar-refractivity contribution in [2.45, 2.75) is 26.2 Å². The Hall–Kier alpha value is -0.680. The Morgan fingerprint density at radius 2 is 2.05 bits per heavy atom. The number of hydrogen-bond donors (Lipinski definition) is 1. The zero-order valence-corrected chi connectivity index (χ0v) is 13.7. The zero-order valence-electron chi connectivity index (χ0n) is 11.3. The molecule has 0 spiro atoms. The van der Waals surface area contributed by atoms with Crippen LogP contribution >= 0.6 is 34.5 Å². The number of aromatic nitrogens is 2. The van der Waals surface area contributed by atoms with Gasteiger partial charge in [-0.2, -0.15) is 0 Å². The Balaban J connectivity index is 1.97. The summed E-state index contributed by atoms with van der Waals surface area (Å²) in [5.41, 5.74) is 0.854. The van der Waals surface area contributed by atoms with Gasteiger partial charge in [0.2, 0.25) is 0 Å². The molecule has 0 fully saturated rings. The molecule has 0 saturated carbocycles. The van der Waals surface area contributed by atoms with Crippen LogP contribution in [0.25, 0.3) is 10.6 Å². The van der Waals surface area contributed by atoms with E-state index in [1.807, 2.05) is 12.1 Å². The minimum atomic E-state index is 0.543. The van der Waals surface area contributed by atoms with E-state index in [1.165, 1.54) is 0 Å². The van der Waals surface area contributed by atoms with E-state index in [1.54, 1.807) is 17.4 Å². The maximum atomic E-state index is 6.20. The van der Waals surface area contributed by atoms with Crippen LogP contribution in [0.15, 0.2) is 18.2 Å². The van der Waals surface area contributed by atoms with Gasteiger partial charge in [-0.25, -0.2) is 0 Å². The fraction of sp³-hybridized carbons (Fsp3) is 0.429. The molecule has 0 bridgehead atoms. The van der Waals surface area contributed by atoms with E-state index in [2.05, 4.69) is 22.4 Å². The van der Waals surface area contributed by atoms with Crippen molar-refractivity contribution in [2.24, 2.45) is 0 Å². The van der Waals surface area contributed by atoms with Gasteiger partial charge in [0.05, 0.1) is 10.0 Å². The van der Waals surface area contributed by atoms with Crippen LogP contribution in [0, 0.1) is 0 Å². The van der Waals surface area contributed by atoms with Gasteiger partial charge in [-0.15, -0.1) is 10.2 Å². The molecule has 1 aromatic carbocycles. The number of nitrogens with one attached hydrogen (secondary N) is 1. The minimum absolute atomic E-state index is 0.543. The lowest BCUT2D eigenvalue weighted by molar-refractivity contribution is 0.637. The first-order valence-electron chi connectivity index (χ1n) is 6.70. The second-order valence-corrected chi connectivity index (χ2v) is 6.30. The van der Waals surface area contributed by atoms with Crippen molar-refractivity contribution in [3.8, 4) is 10.6 Å². The summed E-state index contributed by atoms with van der Waals surface area (Å²) in [6.07, 6.45) is 3.17. The lowest BCUT2D eigenvalue weighted by Gasteiger charge is -2.01. The molecule has 0 aliphatic carbocycles. The maximum Gasteiger partial charge on any atom is 0.149 e. The Morgan fingerprint density at radius 1 is 1.20 bits per heavy atom. The van der Waals surface area contributed by atoms with Crippen LogP contribution in [-0.2, 0) is 6.42 Å². The van der Waals surface area contributed by atoms with Crippen LogP contribution in [0.5, 0.6) is 0 Å². The smallest absolute Gasteiger partial charge is 0.149 e. The minimum Gasteiger partial charge on any atom is -0.317 e. The van der Waals surface area contributed by atoms with Gasteiger partial charge in [-0.05, 0) is 32.0 Å². The van der Waals surface area contributed by atoms with E-state index in [9.17, 15) is 0 Å². The largest absolute Gasteiger partial charge is 0.317 e. The molecule has 0 radical (unpaired) electrons. The van der Waals surface area contributed by atoms with Gasteiger partial charge >= 0.3 is 0 Å². The average Bonchev–Trinajstić information content (AvgIpc) is 2.90. The second kappa shape index (κ2) is 7.93. The molecule has 1 N–H and O–H groups in total. The van der Waals surface area contributed by atoms with Gasteiger partial charge in [0, 0.05) is 12.0 Å². The summed E-state index contributed by atoms with van der Waals surface area (Å²) in [5.74, 6) is 0. The molecule has 1 aromatic heterocycles. The third-order valence-corrected chi connectivity index (χ3v) is 4.66. The number of nitrogens with zero attached hydrogens (tertiary/aromatic N) is 2. The fourth-order valence-corrected chi connectivity index (χ4v) is 3.16. The summed E-state index contributed by atoms with van der Waals surface area (Å²) < 4.78 is 0. The van der Waals surface area contributed by atoms with Crippen LogP contribution in [0.2, 0.25) is 10.0 Å². The van der Waals surface area contributed by atoms with Crippen LogP contribution in [-0.4, -0.2) is 23.3 Å². The van der Waals surface area contributed by atoms with E-state index in [4.69, 9.17) is 23.2 Å². The monoisotopic (exact) mass is 329 g/mol. The lowest BCUT2D eigenvalue weighted by Crippen LogP contribution is -2.16. The van der Waals surface area contributed by atoms with Crippen molar-refractivity contribution < 1.29 is 0 Å². The quantitative estimate of drug-likeness (QED) is 0.763. The van der Waals surface area contributed by atoms with Crippen molar-refractivity contribution >= 4 is 34.5 Å². The molecule has 0 saturated heterocycles. The van der Waals surface area contributed by atoms with E-state index in [-0.39, 0.29) is 0 Å². The van der Waals surface area contributed by atoms with Crippen molar-refractivity contribution in [1.82, 2.24) is 15.5 Å². The number of halogens is 2. The Kier molecular flexibility index (Phi) is 6.23. The molecule has 0 unspecified atom stereocenters. The summed E-state index contributed by atoms with van der Waals surface area (Å²) in [6, 6.07) is 5.56. The molecular formula is C14H17Cl2N3S. The number of rotatable bonds is 7. The highest BCUT2D eigenvalue weighted by atomic mass is 35.5. The molecule has 108 valence electrons. The van der Waals surface area contributed by atoms with Gasteiger partial charge in [-0.1, -0.05) is 53.6 Å². The van der Waals surface area contributed by atoms with Gasteiger partial charge in [-0.3, -0.25) is 0 Å². The topological polar surface area (TPSA) is 37.8 Å². The fourth-order valence-electron chi connectivity index (χ4n) is 1.80. The van der Waals surface area contributed by atoms with E-state index < -0.39 is 0 Å². The second-order valence-electron chi connectivity index (χ2n) is 4.46. The predicted molar refractivity (Wildman–Crippen MR) is 86.8 cm³/mol. The van der Waals surface area contributed by atoms with E-state index >= 15 is 0 Å². The lowest BCUT2D eigenvalue weighted by atomic mass is 10.2. The Labute approximate surface area is 133 Å². The molecule has 0 aliphatic rings. The van der Waals surface area contributed by atoms with E-state index in [0.29, 0.717) is 10.0 Å². The Morgan fingerprint density at radius 3 is 2.85 bits per heavy atom. The number of hydrogen-bond acceptors (Lipinski definition) is 4. The third-order valence-electron chi connectivity index (χ3n) is 2.82. The van der Waals surface area contributed by atoms with Crippen LogP contribution in [0.3, 0.4) is 0 Å². The SMILES string of the molecule is CCCNCCCc1nnc(-c2cccc(Cl)c2Cl)s1. The van der Waals surface area contributed by atoms with Crippen LogP contribution in [0.1, 0.15) is 24.8 Å². The zero-order chi connectivity index (χ0) is 14.4. The average molecular weight is 330 g/mol. The molecule has 0 aliphatic heterocycles. The van der Waals surface area contributed by atoms with Gasteiger partial charge in [0.1, 0.15) is 10.0 Å². The molecule has 2 rings (SSSR count). The molecular weight excluding hydrogens is 313 g/mol. The molecule has 3 nitrogen and oxygen atoms in total. The summed E-state index contributed by atoms with van der Waals surface area (Å²) in [6.45, 7) is 4.25. The molecule has 1 heterocycles. The molecule has 2 aromatic rings. The maximum absolute atomic E-state index is 6.20. The highest BCUT2D eigenvalue weighted by Crippen LogP contribution is 2.34. The number of benzene rings is 1. The number of aryl methyl sites for hydroxylation is 1.